The molecule has 7 nitrogen and oxygen atoms in total. The first-order valence-corrected chi connectivity index (χ1v) is 3.51. The molecular formula is C4H7N5O2S. The lowest BCUT2D eigenvalue weighted by Gasteiger charge is -2.07. The number of aromatic nitrogens is 4. The Bertz CT molecular complexity index is 330. The summed E-state index contributed by atoms with van der Waals surface area (Å²) in [5.74, 6) is -0.586. The van der Waals surface area contributed by atoms with Gasteiger partial charge >= 0.3 is 0 Å². The molecule has 0 spiro atoms. The molecule has 0 radical (unpaired) electrons. The SMILES string of the molecule is CC(C(=O)NO)n1[nH]nnc1=S. The summed E-state index contributed by atoms with van der Waals surface area (Å²) < 4.78 is 1.41. The van der Waals surface area contributed by atoms with E-state index in [0.29, 0.717) is 0 Å². The summed E-state index contributed by atoms with van der Waals surface area (Å²) in [7, 11) is 0. The van der Waals surface area contributed by atoms with Crippen LogP contribution in [0.4, 0.5) is 0 Å². The highest BCUT2D eigenvalue weighted by molar-refractivity contribution is 7.71. The molecule has 0 bridgehead atoms. The van der Waals surface area contributed by atoms with Crippen LogP contribution in [0.25, 0.3) is 0 Å². The number of tetrazole rings is 1. The first kappa shape index (κ1) is 8.81. The molecule has 0 aliphatic rings. The molecule has 1 rings (SSSR count). The molecular weight excluding hydrogens is 182 g/mol. The van der Waals surface area contributed by atoms with Crippen molar-refractivity contribution < 1.29 is 10.0 Å². The summed E-state index contributed by atoms with van der Waals surface area (Å²) >= 11 is 4.73. The van der Waals surface area contributed by atoms with Gasteiger partial charge in [-0.3, -0.25) is 10.0 Å². The summed E-state index contributed by atoms with van der Waals surface area (Å²) in [6.07, 6.45) is 0. The van der Waals surface area contributed by atoms with Crippen molar-refractivity contribution in [3.05, 3.63) is 4.77 Å². The van der Waals surface area contributed by atoms with Crippen LogP contribution in [0.3, 0.4) is 0 Å². The molecule has 1 atom stereocenters. The van der Waals surface area contributed by atoms with Crippen molar-refractivity contribution in [1.29, 1.82) is 0 Å². The van der Waals surface area contributed by atoms with E-state index in [4.69, 9.17) is 17.4 Å². The second-order valence-electron chi connectivity index (χ2n) is 2.10. The fourth-order valence-electron chi connectivity index (χ4n) is 0.667. The lowest BCUT2D eigenvalue weighted by molar-refractivity contribution is -0.132. The van der Waals surface area contributed by atoms with Crippen LogP contribution in [0, 0.1) is 4.77 Å². The highest BCUT2D eigenvalue weighted by atomic mass is 32.1. The second kappa shape index (κ2) is 3.41. The van der Waals surface area contributed by atoms with Crippen LogP contribution in [0.15, 0.2) is 0 Å². The Morgan fingerprint density at radius 1 is 1.92 bits per heavy atom. The average Bonchev–Trinajstić information content (AvgIpc) is 2.48. The van der Waals surface area contributed by atoms with E-state index in [2.05, 4.69) is 15.5 Å². The number of nitrogens with one attached hydrogen (secondary N) is 2. The second-order valence-corrected chi connectivity index (χ2v) is 2.47. The molecule has 0 saturated carbocycles. The largest absolute Gasteiger partial charge is 0.289 e. The molecule has 12 heavy (non-hydrogen) atoms. The highest BCUT2D eigenvalue weighted by Crippen LogP contribution is 2.01. The van der Waals surface area contributed by atoms with E-state index in [0.717, 1.165) is 0 Å². The Morgan fingerprint density at radius 2 is 2.58 bits per heavy atom. The molecule has 0 fully saturated rings. The Hall–Kier alpha value is -1.28. The lowest BCUT2D eigenvalue weighted by atomic mass is 10.3. The summed E-state index contributed by atoms with van der Waals surface area (Å²) in [6.45, 7) is 1.54. The van der Waals surface area contributed by atoms with Gasteiger partial charge < -0.3 is 0 Å². The smallest absolute Gasteiger partial charge is 0.267 e. The zero-order chi connectivity index (χ0) is 9.14. The third kappa shape index (κ3) is 1.48. The van der Waals surface area contributed by atoms with Gasteiger partial charge in [0.2, 0.25) is 4.77 Å². The Morgan fingerprint density at radius 3 is 3.00 bits per heavy atom. The van der Waals surface area contributed by atoms with Crippen LogP contribution in [0.1, 0.15) is 13.0 Å². The van der Waals surface area contributed by atoms with E-state index in [1.165, 1.54) is 10.2 Å². The predicted octanol–water partition coefficient (Wildman–Crippen LogP) is -0.598. The van der Waals surface area contributed by atoms with Crippen molar-refractivity contribution in [2.45, 2.75) is 13.0 Å². The number of amides is 1. The maximum Gasteiger partial charge on any atom is 0.267 e. The molecule has 3 N–H and O–H groups in total. The molecule has 8 heteroatoms. The quantitative estimate of drug-likeness (QED) is 0.328. The molecule has 66 valence electrons. The Balaban J connectivity index is 2.92. The number of carbonyl (C=O) groups is 1. The number of hydroxylamine groups is 1. The fraction of sp³-hybridized carbons (Fsp3) is 0.500. The van der Waals surface area contributed by atoms with Gasteiger partial charge in [0, 0.05) is 0 Å². The summed E-state index contributed by atoms with van der Waals surface area (Å²) in [6, 6.07) is -0.655. The molecule has 1 aromatic heterocycles. The van der Waals surface area contributed by atoms with Gasteiger partial charge in [-0.25, -0.2) is 10.2 Å². The van der Waals surface area contributed by atoms with Crippen molar-refractivity contribution in [3.8, 4) is 0 Å². The third-order valence-corrected chi connectivity index (χ3v) is 1.65. The summed E-state index contributed by atoms with van der Waals surface area (Å²) in [4.78, 5) is 10.9. The van der Waals surface area contributed by atoms with E-state index in [-0.39, 0.29) is 4.77 Å². The summed E-state index contributed by atoms with van der Waals surface area (Å²) in [5, 5.41) is 17.5. The van der Waals surface area contributed by atoms with Gasteiger partial charge in [-0.2, -0.15) is 5.21 Å². The molecule has 1 heterocycles. The molecule has 1 unspecified atom stereocenters. The first-order valence-electron chi connectivity index (χ1n) is 3.10. The maximum absolute atomic E-state index is 10.9. The highest BCUT2D eigenvalue weighted by Gasteiger charge is 2.15. The van der Waals surface area contributed by atoms with Gasteiger partial charge in [0.15, 0.2) is 0 Å². The topological polar surface area (TPSA) is 95.8 Å². The van der Waals surface area contributed by atoms with Crippen LogP contribution in [0.2, 0.25) is 0 Å². The Kier molecular flexibility index (Phi) is 2.51. The number of carbonyl (C=O) groups excluding carboxylic acids is 1. The van der Waals surface area contributed by atoms with E-state index in [1.807, 2.05) is 0 Å². The number of hydrogen-bond acceptors (Lipinski definition) is 5. The number of H-pyrrole nitrogens is 1. The van der Waals surface area contributed by atoms with E-state index in [9.17, 15) is 4.79 Å². The molecule has 1 amide bonds. The third-order valence-electron chi connectivity index (χ3n) is 1.37. The van der Waals surface area contributed by atoms with E-state index < -0.39 is 11.9 Å². The average molecular weight is 189 g/mol. The van der Waals surface area contributed by atoms with Crippen LogP contribution in [-0.2, 0) is 4.79 Å². The van der Waals surface area contributed by atoms with E-state index in [1.54, 1.807) is 6.92 Å². The fourth-order valence-corrected chi connectivity index (χ4v) is 0.907. The number of rotatable bonds is 2. The van der Waals surface area contributed by atoms with Crippen LogP contribution < -0.4 is 5.48 Å². The molecule has 0 aliphatic carbocycles. The van der Waals surface area contributed by atoms with Crippen molar-refractivity contribution in [1.82, 2.24) is 25.7 Å². The standard InChI is InChI=1S/C4H7N5O2S/c1-2(3(10)6-11)9-4(12)5-7-8-9/h2,11H,1H3,(H,6,10)(H,5,8,12). The van der Waals surface area contributed by atoms with Crippen molar-refractivity contribution in [2.75, 3.05) is 0 Å². The summed E-state index contributed by atoms with van der Waals surface area (Å²) in [5.41, 5.74) is 1.50. The van der Waals surface area contributed by atoms with Crippen LogP contribution in [0.5, 0.6) is 0 Å². The van der Waals surface area contributed by atoms with Crippen LogP contribution in [-0.4, -0.2) is 31.3 Å². The minimum absolute atomic E-state index is 0.158. The molecule has 0 aromatic carbocycles. The van der Waals surface area contributed by atoms with Gasteiger partial charge in [0.1, 0.15) is 6.04 Å². The first-order chi connectivity index (χ1) is 5.66. The zero-order valence-corrected chi connectivity index (χ0v) is 7.00. The number of nitrogens with zero attached hydrogens (tertiary/aromatic N) is 3. The molecule has 0 aliphatic heterocycles. The number of hydrogen-bond donors (Lipinski definition) is 3. The molecule has 0 saturated heterocycles. The van der Waals surface area contributed by atoms with Gasteiger partial charge in [-0.05, 0) is 19.1 Å². The monoisotopic (exact) mass is 189 g/mol. The van der Waals surface area contributed by atoms with Crippen molar-refractivity contribution in [2.24, 2.45) is 0 Å². The van der Waals surface area contributed by atoms with Gasteiger partial charge in [0.25, 0.3) is 5.91 Å². The van der Waals surface area contributed by atoms with Gasteiger partial charge in [-0.15, -0.1) is 0 Å². The minimum atomic E-state index is -0.655. The van der Waals surface area contributed by atoms with E-state index >= 15 is 0 Å². The van der Waals surface area contributed by atoms with Crippen LogP contribution >= 0.6 is 12.2 Å². The molecule has 1 aromatic rings. The predicted molar refractivity (Wildman–Crippen MR) is 39.8 cm³/mol. The minimum Gasteiger partial charge on any atom is -0.289 e. The van der Waals surface area contributed by atoms with Gasteiger partial charge in [-0.1, -0.05) is 10.3 Å². The normalized spacial score (nSPS) is 12.5. The maximum atomic E-state index is 10.9. The van der Waals surface area contributed by atoms with Crippen molar-refractivity contribution >= 4 is 18.1 Å². The number of aromatic amines is 1. The van der Waals surface area contributed by atoms with Crippen molar-refractivity contribution in [3.63, 3.8) is 0 Å². The Labute approximate surface area is 72.3 Å². The zero-order valence-electron chi connectivity index (χ0n) is 6.18. The van der Waals surface area contributed by atoms with Gasteiger partial charge in [0.05, 0.1) is 0 Å². The lowest BCUT2D eigenvalue weighted by Crippen LogP contribution is -2.29.